The maximum absolute atomic E-state index is 14.3. The summed E-state index contributed by atoms with van der Waals surface area (Å²) in [4.78, 5) is 29.0. The van der Waals surface area contributed by atoms with Crippen molar-refractivity contribution in [3.05, 3.63) is 11.4 Å². The van der Waals surface area contributed by atoms with Crippen molar-refractivity contribution in [1.29, 1.82) is 0 Å². The van der Waals surface area contributed by atoms with Crippen LogP contribution >= 0.6 is 0 Å². The molecule has 0 aromatic carbocycles. The van der Waals surface area contributed by atoms with Crippen molar-refractivity contribution in [2.75, 3.05) is 13.1 Å². The van der Waals surface area contributed by atoms with Gasteiger partial charge in [0.1, 0.15) is 11.6 Å². The first kappa shape index (κ1) is 25.4. The second kappa shape index (κ2) is 10.1. The Morgan fingerprint density at radius 1 is 1.28 bits per heavy atom. The Morgan fingerprint density at radius 3 is 2.38 bits per heavy atom. The molecule has 0 saturated carbocycles. The van der Waals surface area contributed by atoms with Gasteiger partial charge in [0.15, 0.2) is 11.7 Å². The fourth-order valence-corrected chi connectivity index (χ4v) is 3.74. The second-order valence-corrected chi connectivity index (χ2v) is 8.04. The molecule has 2 amide bonds. The molecule has 176 valence electrons. The van der Waals surface area contributed by atoms with Gasteiger partial charge in [-0.2, -0.15) is 25.2 Å². The number of halogens is 2. The Balaban J connectivity index is 2.47. The van der Waals surface area contributed by atoms with E-state index in [1.807, 2.05) is 0 Å². The van der Waals surface area contributed by atoms with E-state index in [2.05, 4.69) is 31.7 Å². The van der Waals surface area contributed by atoms with E-state index in [0.29, 0.717) is 32.0 Å². The van der Waals surface area contributed by atoms with Crippen LogP contribution in [0, 0.1) is 25.2 Å². The van der Waals surface area contributed by atoms with E-state index >= 15 is 0 Å². The van der Waals surface area contributed by atoms with E-state index in [1.165, 1.54) is 16.6 Å². The Kier molecular flexibility index (Phi) is 8.04. The quantitative estimate of drug-likeness (QED) is 0.493. The van der Waals surface area contributed by atoms with Gasteiger partial charge in [-0.25, -0.2) is 8.78 Å². The van der Waals surface area contributed by atoms with Gasteiger partial charge < -0.3 is 10.2 Å². The van der Waals surface area contributed by atoms with E-state index in [4.69, 9.17) is 6.42 Å². The normalized spacial score (nSPS) is 16.2. The van der Waals surface area contributed by atoms with E-state index in [1.54, 1.807) is 20.9 Å². The van der Waals surface area contributed by atoms with Crippen molar-refractivity contribution in [3.63, 3.8) is 0 Å². The maximum atomic E-state index is 14.3. The van der Waals surface area contributed by atoms with Crippen LogP contribution in [0.1, 0.15) is 63.9 Å². The molecule has 1 N–H and O–H groups in total. The molecule has 2 atom stereocenters. The van der Waals surface area contributed by atoms with Crippen LogP contribution in [0.2, 0.25) is 0 Å². The minimum Gasteiger partial charge on any atom is -0.354 e. The van der Waals surface area contributed by atoms with Crippen molar-refractivity contribution >= 4 is 11.8 Å². The van der Waals surface area contributed by atoms with Gasteiger partial charge in [0.25, 0.3) is 5.92 Å². The molecule has 9 nitrogen and oxygen atoms in total. The molecule has 0 fully saturated rings. The zero-order chi connectivity index (χ0) is 24.1. The van der Waals surface area contributed by atoms with Crippen LogP contribution in [0.3, 0.4) is 0 Å². The molecule has 2 heterocycles. The van der Waals surface area contributed by atoms with Gasteiger partial charge in [-0.3, -0.25) is 9.59 Å². The number of terminal acetylenes is 1. The van der Waals surface area contributed by atoms with Gasteiger partial charge in [0.2, 0.25) is 11.8 Å². The predicted octanol–water partition coefficient (Wildman–Crippen LogP) is 2.78. The van der Waals surface area contributed by atoms with Crippen LogP contribution in [0.4, 0.5) is 8.78 Å². The van der Waals surface area contributed by atoms with E-state index in [-0.39, 0.29) is 25.1 Å². The fraction of sp³-hybridized carbons (Fsp3) is 0.714. The van der Waals surface area contributed by atoms with Gasteiger partial charge in [-0.1, -0.05) is 6.92 Å². The number of alkyl halides is 2. The Hall–Kier alpha value is -2.90. The first-order chi connectivity index (χ1) is 15.0. The third-order valence-corrected chi connectivity index (χ3v) is 5.49. The van der Waals surface area contributed by atoms with Crippen molar-refractivity contribution in [2.24, 2.45) is 23.2 Å². The summed E-state index contributed by atoms with van der Waals surface area (Å²) in [6.07, 6.45) is 6.45. The van der Waals surface area contributed by atoms with Crippen LogP contribution in [0.5, 0.6) is 0 Å². The number of hydrogen-bond acceptors (Lipinski definition) is 6. The summed E-state index contributed by atoms with van der Waals surface area (Å²) in [6.45, 7) is 5.91. The summed E-state index contributed by atoms with van der Waals surface area (Å²) in [5, 5.41) is 19.2. The number of aryl methyl sites for hydroxylation is 2. The number of carbonyl (C=O) groups is 2. The van der Waals surface area contributed by atoms with Crippen LogP contribution in [-0.4, -0.2) is 56.4 Å². The Bertz CT molecular complexity index is 895. The predicted molar refractivity (Wildman–Crippen MR) is 114 cm³/mol. The molecule has 0 spiro atoms. The van der Waals surface area contributed by atoms with Gasteiger partial charge >= 0.3 is 0 Å². The molecule has 1 aromatic heterocycles. The monoisotopic (exact) mass is 451 g/mol. The number of rotatable bonds is 12. The van der Waals surface area contributed by atoms with Crippen LogP contribution in [0.15, 0.2) is 10.2 Å². The largest absolute Gasteiger partial charge is 0.354 e. The molecule has 1 aliphatic rings. The lowest BCUT2D eigenvalue weighted by atomic mass is 9.95. The lowest BCUT2D eigenvalue weighted by Crippen LogP contribution is -2.50. The third-order valence-electron chi connectivity index (χ3n) is 5.49. The van der Waals surface area contributed by atoms with Gasteiger partial charge in [0.05, 0.1) is 5.69 Å². The molecular weight excluding hydrogens is 420 g/mol. The molecule has 2 unspecified atom stereocenters. The first-order valence-corrected chi connectivity index (χ1v) is 10.7. The highest BCUT2D eigenvalue weighted by Gasteiger charge is 2.47. The number of carbonyl (C=O) groups excluding carboxylic acids is 2. The van der Waals surface area contributed by atoms with Crippen LogP contribution in [-0.2, 0) is 16.6 Å². The van der Waals surface area contributed by atoms with E-state index < -0.39 is 35.4 Å². The molecule has 0 bridgehead atoms. The highest BCUT2D eigenvalue weighted by atomic mass is 19.3. The van der Waals surface area contributed by atoms with E-state index in [9.17, 15) is 18.4 Å². The lowest BCUT2D eigenvalue weighted by molar-refractivity contribution is -0.155. The smallest absolute Gasteiger partial charge is 0.256 e. The number of aromatic nitrogens is 3. The SMILES string of the molecule is C#CCCC1(CCN(C(=O)C(CC)C(C)(F)F)C(C(=O)NCC)c2nn(C)nc2C)N=N1. The average molecular weight is 452 g/mol. The van der Waals surface area contributed by atoms with Gasteiger partial charge in [0, 0.05) is 46.3 Å². The molecule has 32 heavy (non-hydrogen) atoms. The Morgan fingerprint density at radius 2 is 1.94 bits per heavy atom. The zero-order valence-electron chi connectivity index (χ0n) is 19.2. The van der Waals surface area contributed by atoms with Crippen molar-refractivity contribution < 1.29 is 18.4 Å². The highest BCUT2D eigenvalue weighted by molar-refractivity contribution is 5.89. The molecule has 11 heteroatoms. The molecule has 0 aliphatic carbocycles. The number of hydrogen-bond donors (Lipinski definition) is 1. The summed E-state index contributed by atoms with van der Waals surface area (Å²) in [6, 6.07) is -1.21. The maximum Gasteiger partial charge on any atom is 0.256 e. The van der Waals surface area contributed by atoms with Crippen LogP contribution < -0.4 is 5.32 Å². The van der Waals surface area contributed by atoms with Crippen molar-refractivity contribution in [2.45, 2.75) is 71.0 Å². The number of nitrogens with zero attached hydrogens (tertiary/aromatic N) is 6. The lowest BCUT2D eigenvalue weighted by Gasteiger charge is -2.34. The summed E-state index contributed by atoms with van der Waals surface area (Å²) in [5.41, 5.74) is -0.0750. The molecule has 0 radical (unpaired) electrons. The highest BCUT2D eigenvalue weighted by Crippen LogP contribution is 2.39. The minimum absolute atomic E-state index is 0.0131. The molecule has 2 rings (SSSR count). The molecule has 1 aromatic rings. The summed E-state index contributed by atoms with van der Waals surface area (Å²) in [7, 11) is 1.59. The molecule has 1 aliphatic heterocycles. The van der Waals surface area contributed by atoms with Crippen molar-refractivity contribution in [3.8, 4) is 12.3 Å². The van der Waals surface area contributed by atoms with Crippen LogP contribution in [0.25, 0.3) is 0 Å². The van der Waals surface area contributed by atoms with Gasteiger partial charge in [-0.05, 0) is 20.3 Å². The number of amides is 2. The summed E-state index contributed by atoms with van der Waals surface area (Å²) in [5.74, 6) is -3.66. The minimum atomic E-state index is -3.26. The number of nitrogens with one attached hydrogen (secondary N) is 1. The topological polar surface area (TPSA) is 105 Å². The molecular formula is C21H31F2N7O2. The average Bonchev–Trinajstić information content (AvgIpc) is 3.39. The second-order valence-electron chi connectivity index (χ2n) is 8.04. The van der Waals surface area contributed by atoms with Crippen molar-refractivity contribution in [1.82, 2.24) is 25.2 Å². The zero-order valence-corrected chi connectivity index (χ0v) is 19.2. The molecule has 0 saturated heterocycles. The van der Waals surface area contributed by atoms with Gasteiger partial charge in [-0.15, -0.1) is 12.3 Å². The summed E-state index contributed by atoms with van der Waals surface area (Å²) >= 11 is 0. The number of likely N-dealkylation sites (N-methyl/N-ethyl adjacent to an activating group) is 1. The standard InChI is InChI=1S/C21H31F2N7O2/c1-7-10-11-21(27-28-21)12-13-30(19(32)15(8-2)20(5,22)23)17(18(31)24-9-3)16-14(4)25-29(6)26-16/h1,15,17H,8-13H2,2-6H3,(H,24,31). The fourth-order valence-electron chi connectivity index (χ4n) is 3.74. The summed E-state index contributed by atoms with van der Waals surface area (Å²) < 4.78 is 28.6. The third kappa shape index (κ3) is 5.87. The van der Waals surface area contributed by atoms with E-state index in [0.717, 1.165) is 0 Å². The first-order valence-electron chi connectivity index (χ1n) is 10.7. The Labute approximate surface area is 187 Å².